The zero-order valence-electron chi connectivity index (χ0n) is 17.7. The molecule has 1 aromatic carbocycles. The third kappa shape index (κ3) is 4.29. The number of aryl methyl sites for hydroxylation is 2. The number of aromatic nitrogens is 1. The van der Waals surface area contributed by atoms with Crippen LogP contribution >= 0.6 is 0 Å². The molecule has 1 aliphatic rings. The van der Waals surface area contributed by atoms with E-state index in [0.29, 0.717) is 42.5 Å². The predicted molar refractivity (Wildman–Crippen MR) is 115 cm³/mol. The highest BCUT2D eigenvalue weighted by atomic mass is 32.2. The number of pyridine rings is 1. The third-order valence-electron chi connectivity index (χ3n) is 5.33. The van der Waals surface area contributed by atoms with Gasteiger partial charge in [0.15, 0.2) is 0 Å². The van der Waals surface area contributed by atoms with E-state index < -0.39 is 10.0 Å². The van der Waals surface area contributed by atoms with Crippen molar-refractivity contribution in [2.24, 2.45) is 0 Å². The van der Waals surface area contributed by atoms with Gasteiger partial charge in [0, 0.05) is 31.9 Å². The van der Waals surface area contributed by atoms with Gasteiger partial charge in [-0.15, -0.1) is 0 Å². The van der Waals surface area contributed by atoms with E-state index in [9.17, 15) is 13.7 Å². The van der Waals surface area contributed by atoms with Gasteiger partial charge in [-0.2, -0.15) is 9.57 Å². The Bertz CT molecular complexity index is 1040. The van der Waals surface area contributed by atoms with Crippen molar-refractivity contribution in [1.29, 1.82) is 5.26 Å². The van der Waals surface area contributed by atoms with Crippen LogP contribution in [-0.2, 0) is 15.4 Å². The lowest BCUT2D eigenvalue weighted by Crippen LogP contribution is -2.49. The number of piperazine rings is 1. The highest BCUT2D eigenvalue weighted by Crippen LogP contribution is 2.27. The van der Waals surface area contributed by atoms with Crippen molar-refractivity contribution in [2.75, 3.05) is 31.1 Å². The van der Waals surface area contributed by atoms with E-state index in [1.807, 2.05) is 36.9 Å². The normalized spacial score (nSPS) is 15.9. The van der Waals surface area contributed by atoms with E-state index in [-0.39, 0.29) is 5.41 Å². The Morgan fingerprint density at radius 2 is 1.62 bits per heavy atom. The highest BCUT2D eigenvalue weighted by Gasteiger charge is 2.30. The average molecular weight is 413 g/mol. The lowest BCUT2D eigenvalue weighted by molar-refractivity contribution is 0.383. The van der Waals surface area contributed by atoms with Gasteiger partial charge in [-0.3, -0.25) is 0 Å². The van der Waals surface area contributed by atoms with Crippen LogP contribution < -0.4 is 4.90 Å². The molecule has 6 nitrogen and oxygen atoms in total. The molecule has 0 amide bonds. The minimum absolute atomic E-state index is 0.0225. The molecule has 2 heterocycles. The largest absolute Gasteiger partial charge is 0.353 e. The molecule has 0 aliphatic carbocycles. The molecule has 3 rings (SSSR count). The number of sulfonamides is 1. The molecule has 2 aromatic rings. The van der Waals surface area contributed by atoms with Crippen LogP contribution in [0.5, 0.6) is 0 Å². The topological polar surface area (TPSA) is 77.3 Å². The maximum Gasteiger partial charge on any atom is 0.243 e. The summed E-state index contributed by atoms with van der Waals surface area (Å²) in [6, 6.07) is 11.3. The highest BCUT2D eigenvalue weighted by molar-refractivity contribution is 7.89. The number of rotatable bonds is 3. The second kappa shape index (κ2) is 7.77. The first-order chi connectivity index (χ1) is 13.5. The molecule has 0 unspecified atom stereocenters. The summed E-state index contributed by atoms with van der Waals surface area (Å²) in [6.07, 6.45) is 0. The number of hydrogen-bond donors (Lipinski definition) is 0. The SMILES string of the molecule is Cc1cc(C)c(C#N)c(N2CCN(S(=O)(=O)c3ccc(C(C)(C)C)cc3)CC2)n1. The molecule has 0 saturated carbocycles. The number of nitriles is 1. The van der Waals surface area contributed by atoms with Crippen molar-refractivity contribution in [3.05, 3.63) is 52.7 Å². The van der Waals surface area contributed by atoms with Gasteiger partial charge >= 0.3 is 0 Å². The quantitative estimate of drug-likeness (QED) is 0.772. The van der Waals surface area contributed by atoms with Gasteiger partial charge in [-0.25, -0.2) is 13.4 Å². The summed E-state index contributed by atoms with van der Waals surface area (Å²) >= 11 is 0. The number of hydrogen-bond acceptors (Lipinski definition) is 5. The van der Waals surface area contributed by atoms with Gasteiger partial charge in [0.05, 0.1) is 10.5 Å². The molecule has 0 radical (unpaired) electrons. The van der Waals surface area contributed by atoms with Crippen LogP contribution in [0.3, 0.4) is 0 Å². The molecular formula is C22H28N4O2S. The lowest BCUT2D eigenvalue weighted by Gasteiger charge is -2.35. The third-order valence-corrected chi connectivity index (χ3v) is 7.25. The molecule has 0 spiro atoms. The van der Waals surface area contributed by atoms with Crippen molar-refractivity contribution in [3.8, 4) is 6.07 Å². The number of nitrogens with zero attached hydrogens (tertiary/aromatic N) is 4. The van der Waals surface area contributed by atoms with Gasteiger partial charge in [0.25, 0.3) is 0 Å². The van der Waals surface area contributed by atoms with Crippen molar-refractivity contribution in [1.82, 2.24) is 9.29 Å². The van der Waals surface area contributed by atoms with Crippen molar-refractivity contribution < 1.29 is 8.42 Å². The fourth-order valence-corrected chi connectivity index (χ4v) is 5.02. The molecule has 1 saturated heterocycles. The minimum atomic E-state index is -3.54. The van der Waals surface area contributed by atoms with E-state index in [4.69, 9.17) is 0 Å². The Balaban J connectivity index is 1.78. The maximum absolute atomic E-state index is 13.1. The summed E-state index contributed by atoms with van der Waals surface area (Å²) in [4.78, 5) is 6.87. The van der Waals surface area contributed by atoms with E-state index in [1.54, 1.807) is 12.1 Å². The van der Waals surface area contributed by atoms with E-state index >= 15 is 0 Å². The van der Waals surface area contributed by atoms with Gasteiger partial charge in [-0.05, 0) is 48.6 Å². The summed E-state index contributed by atoms with van der Waals surface area (Å²) < 4.78 is 27.6. The van der Waals surface area contributed by atoms with Gasteiger partial charge in [0.1, 0.15) is 11.9 Å². The monoisotopic (exact) mass is 412 g/mol. The fourth-order valence-electron chi connectivity index (χ4n) is 3.60. The zero-order chi connectivity index (χ0) is 21.4. The van der Waals surface area contributed by atoms with Crippen LogP contribution in [0.4, 0.5) is 5.82 Å². The van der Waals surface area contributed by atoms with E-state index in [0.717, 1.165) is 16.8 Å². The second-order valence-corrected chi connectivity index (χ2v) is 10.5. The number of anilines is 1. The first kappa shape index (κ1) is 21.3. The molecule has 154 valence electrons. The summed E-state index contributed by atoms with van der Waals surface area (Å²) in [6.45, 7) is 11.8. The van der Waals surface area contributed by atoms with Crippen LogP contribution in [0, 0.1) is 25.2 Å². The summed E-state index contributed by atoms with van der Waals surface area (Å²) in [5, 5.41) is 9.51. The summed E-state index contributed by atoms with van der Waals surface area (Å²) in [5.41, 5.74) is 3.39. The molecule has 7 heteroatoms. The second-order valence-electron chi connectivity index (χ2n) is 8.56. The fraction of sp³-hybridized carbons (Fsp3) is 0.455. The van der Waals surface area contributed by atoms with Gasteiger partial charge in [0.2, 0.25) is 10.0 Å². The Morgan fingerprint density at radius 3 is 2.14 bits per heavy atom. The van der Waals surface area contributed by atoms with E-state index in [1.165, 1.54) is 4.31 Å². The summed E-state index contributed by atoms with van der Waals surface area (Å²) in [7, 11) is -3.54. The van der Waals surface area contributed by atoms with Crippen LogP contribution in [0.25, 0.3) is 0 Å². The molecule has 1 aromatic heterocycles. The van der Waals surface area contributed by atoms with Crippen LogP contribution in [-0.4, -0.2) is 43.9 Å². The zero-order valence-corrected chi connectivity index (χ0v) is 18.5. The molecule has 1 fully saturated rings. The minimum Gasteiger partial charge on any atom is -0.353 e. The van der Waals surface area contributed by atoms with Crippen LogP contribution in [0.1, 0.15) is 43.2 Å². The Kier molecular flexibility index (Phi) is 5.70. The Hall–Kier alpha value is -2.43. The predicted octanol–water partition coefficient (Wildman–Crippen LogP) is 3.38. The van der Waals surface area contributed by atoms with Gasteiger partial charge < -0.3 is 4.90 Å². The van der Waals surface area contributed by atoms with Gasteiger partial charge in [-0.1, -0.05) is 32.9 Å². The smallest absolute Gasteiger partial charge is 0.243 e. The molecule has 0 N–H and O–H groups in total. The first-order valence-corrected chi connectivity index (χ1v) is 11.2. The van der Waals surface area contributed by atoms with Crippen molar-refractivity contribution in [2.45, 2.75) is 44.9 Å². The molecule has 1 aliphatic heterocycles. The van der Waals surface area contributed by atoms with E-state index in [2.05, 4.69) is 31.8 Å². The summed E-state index contributed by atoms with van der Waals surface area (Å²) in [5.74, 6) is 0.650. The van der Waals surface area contributed by atoms with Crippen LogP contribution in [0.15, 0.2) is 35.2 Å². The molecule has 0 atom stereocenters. The molecular weight excluding hydrogens is 384 g/mol. The average Bonchev–Trinajstić information content (AvgIpc) is 2.67. The maximum atomic E-state index is 13.1. The van der Waals surface area contributed by atoms with Crippen molar-refractivity contribution >= 4 is 15.8 Å². The Labute approximate surface area is 173 Å². The van der Waals surface area contributed by atoms with Crippen LogP contribution in [0.2, 0.25) is 0 Å². The Morgan fingerprint density at radius 1 is 1.03 bits per heavy atom. The molecule has 29 heavy (non-hydrogen) atoms. The standard InChI is InChI=1S/C22H28N4O2S/c1-16-14-17(2)24-21(20(16)15-23)25-10-12-26(13-11-25)29(27,28)19-8-6-18(7-9-19)22(3,4)5/h6-9,14H,10-13H2,1-5H3. The lowest BCUT2D eigenvalue weighted by atomic mass is 9.87. The number of benzene rings is 1. The first-order valence-electron chi connectivity index (χ1n) is 9.78. The van der Waals surface area contributed by atoms with Crippen molar-refractivity contribution in [3.63, 3.8) is 0 Å². The molecule has 0 bridgehead atoms.